The van der Waals surface area contributed by atoms with E-state index in [1.54, 1.807) is 18.2 Å². The molecule has 3 aromatic rings. The molecule has 3 aromatic carbocycles. The number of aliphatic hydroxyl groups excluding tert-OH is 2. The Morgan fingerprint density at radius 1 is 0.978 bits per heavy atom. The van der Waals surface area contributed by atoms with Crippen LogP contribution in [0.4, 0.5) is 5.69 Å². The van der Waals surface area contributed by atoms with Gasteiger partial charge in [0.1, 0.15) is 5.75 Å². The summed E-state index contributed by atoms with van der Waals surface area (Å²) < 4.78 is 0. The molecule has 1 heterocycles. The molecule has 2 aliphatic rings. The van der Waals surface area contributed by atoms with E-state index in [0.29, 0.717) is 31.3 Å². The lowest BCUT2D eigenvalue weighted by atomic mass is 9.67. The predicted octanol–water partition coefficient (Wildman–Crippen LogP) is 4.46. The Hall–Kier alpha value is -3.76. The number of rotatable bonds is 12. The van der Waals surface area contributed by atoms with Crippen molar-refractivity contribution in [2.45, 2.75) is 64.9 Å². The van der Waals surface area contributed by atoms with Gasteiger partial charge < -0.3 is 25.4 Å². The zero-order chi connectivity index (χ0) is 32.2. The van der Waals surface area contributed by atoms with Gasteiger partial charge in [-0.25, -0.2) is 0 Å². The summed E-state index contributed by atoms with van der Waals surface area (Å²) in [6.07, 6.45) is 5.78. The molecule has 5 N–H and O–H groups in total. The van der Waals surface area contributed by atoms with Crippen LogP contribution in [0.25, 0.3) is 16.8 Å². The topological polar surface area (TPSA) is 139 Å². The minimum absolute atomic E-state index is 0.166. The number of benzene rings is 3. The van der Waals surface area contributed by atoms with Crippen molar-refractivity contribution in [3.8, 4) is 5.75 Å². The normalized spacial score (nSPS) is 21.1. The smallest absolute Gasteiger partial charge is 0.488 e. The molecule has 0 aromatic heterocycles. The lowest BCUT2D eigenvalue weighted by Gasteiger charge is -2.36. The average molecular weight is 612 g/mol. The van der Waals surface area contributed by atoms with Gasteiger partial charge in [-0.05, 0) is 72.3 Å². The third-order valence-corrected chi connectivity index (χ3v) is 9.32. The Morgan fingerprint density at radius 3 is 2.42 bits per heavy atom. The van der Waals surface area contributed by atoms with Crippen LogP contribution in [0.2, 0.25) is 0 Å². The van der Waals surface area contributed by atoms with Gasteiger partial charge in [0.25, 0.3) is 0 Å². The van der Waals surface area contributed by atoms with Crippen molar-refractivity contribution in [1.29, 1.82) is 0 Å². The number of carbonyl (C=O) groups is 2. The van der Waals surface area contributed by atoms with Crippen LogP contribution in [0.3, 0.4) is 0 Å². The molecule has 1 aliphatic heterocycles. The Kier molecular flexibility index (Phi) is 10.2. The first-order chi connectivity index (χ1) is 21.7. The van der Waals surface area contributed by atoms with Gasteiger partial charge in [0.15, 0.2) is 0 Å². The number of aromatic hydroxyl groups is 1. The second-order valence-electron chi connectivity index (χ2n) is 12.2. The number of fused-ring (bicyclic) bond motifs is 2. The highest BCUT2D eigenvalue weighted by atomic mass is 16.4. The average Bonchev–Trinajstić information content (AvgIpc) is 3.29. The van der Waals surface area contributed by atoms with Gasteiger partial charge in [-0.3, -0.25) is 14.5 Å². The number of phenolic OH excluding ortho intramolecular Hbond substituents is 1. The molecule has 0 saturated carbocycles. The maximum Gasteiger partial charge on any atom is 0.488 e. The van der Waals surface area contributed by atoms with Crippen molar-refractivity contribution < 1.29 is 35.0 Å². The number of aliphatic hydroxyl groups is 2. The number of nitrogens with zero attached hydrogens (tertiary/aromatic N) is 1. The van der Waals surface area contributed by atoms with Crippen LogP contribution >= 0.6 is 0 Å². The lowest BCUT2D eigenvalue weighted by Crippen LogP contribution is -2.39. The molecule has 0 bridgehead atoms. The molecule has 0 unspecified atom stereocenters. The maximum atomic E-state index is 13.9. The van der Waals surface area contributed by atoms with Gasteiger partial charge in [0.05, 0.1) is 30.2 Å². The van der Waals surface area contributed by atoms with E-state index in [9.17, 15) is 35.0 Å². The molecule has 0 spiro atoms. The van der Waals surface area contributed by atoms with Crippen LogP contribution in [0, 0.1) is 17.8 Å². The quantitative estimate of drug-likeness (QED) is 0.116. The molecular weight excluding hydrogens is 569 g/mol. The molecule has 2 amide bonds. The van der Waals surface area contributed by atoms with Crippen molar-refractivity contribution >= 4 is 46.9 Å². The van der Waals surface area contributed by atoms with Gasteiger partial charge in [0.2, 0.25) is 11.8 Å². The van der Waals surface area contributed by atoms with Crippen molar-refractivity contribution in [2.75, 3.05) is 11.5 Å². The fourth-order valence-electron chi connectivity index (χ4n) is 7.30. The molecule has 5 rings (SSSR count). The predicted molar refractivity (Wildman–Crippen MR) is 177 cm³/mol. The van der Waals surface area contributed by atoms with Gasteiger partial charge in [-0.1, -0.05) is 86.4 Å². The highest BCUT2D eigenvalue weighted by Gasteiger charge is 2.55. The summed E-state index contributed by atoms with van der Waals surface area (Å²) in [5.74, 6) is -2.76. The van der Waals surface area contributed by atoms with E-state index in [1.165, 1.54) is 12.1 Å². The maximum absolute atomic E-state index is 13.9. The zero-order valence-electron chi connectivity index (χ0n) is 25.9. The van der Waals surface area contributed by atoms with Crippen LogP contribution in [0.5, 0.6) is 5.75 Å². The monoisotopic (exact) mass is 611 g/mol. The summed E-state index contributed by atoms with van der Waals surface area (Å²) >= 11 is 0. The zero-order valence-corrected chi connectivity index (χ0v) is 25.9. The number of hydrogen-bond donors (Lipinski definition) is 5. The number of anilines is 1. The second-order valence-corrected chi connectivity index (χ2v) is 12.2. The second kappa shape index (κ2) is 14.1. The lowest BCUT2D eigenvalue weighted by molar-refractivity contribution is -0.123. The Balaban J connectivity index is 1.43. The summed E-state index contributed by atoms with van der Waals surface area (Å²) in [6, 6.07) is 17.4. The van der Waals surface area contributed by atoms with E-state index in [-0.39, 0.29) is 29.4 Å². The van der Waals surface area contributed by atoms with Crippen molar-refractivity contribution in [2.24, 2.45) is 17.8 Å². The Bertz CT molecular complexity index is 1630. The third-order valence-electron chi connectivity index (χ3n) is 9.32. The Morgan fingerprint density at radius 2 is 1.73 bits per heavy atom. The molecule has 1 fully saturated rings. The van der Waals surface area contributed by atoms with Gasteiger partial charge >= 0.3 is 7.12 Å². The van der Waals surface area contributed by atoms with Crippen LogP contribution in [-0.4, -0.2) is 57.0 Å². The number of phenols is 1. The highest BCUT2D eigenvalue weighted by molar-refractivity contribution is 6.58. The van der Waals surface area contributed by atoms with Crippen LogP contribution in [0.15, 0.2) is 77.4 Å². The molecule has 1 saturated heterocycles. The van der Waals surface area contributed by atoms with E-state index < -0.39 is 36.9 Å². The number of hydrogen-bond acceptors (Lipinski definition) is 7. The summed E-state index contributed by atoms with van der Waals surface area (Å²) in [5.41, 5.74) is 4.18. The molecule has 236 valence electrons. The van der Waals surface area contributed by atoms with Gasteiger partial charge in [-0.15, -0.1) is 0 Å². The van der Waals surface area contributed by atoms with Crippen molar-refractivity contribution in [1.82, 2.24) is 0 Å². The molecule has 0 radical (unpaired) electrons. The Labute approximate surface area is 264 Å². The SMILES string of the molecule is CCCC1=C([C@H](O)CC/C(=C/c2ccc(O)c3ccccc23)CCC)[C@H](CO)[C@@H]2C(=O)N(c3cccc(B(O)O)c3)C(=O)[C@@H]2C1. The number of amides is 2. The largest absolute Gasteiger partial charge is 0.507 e. The van der Waals surface area contributed by atoms with Crippen molar-refractivity contribution in [3.05, 3.63) is 82.9 Å². The molecule has 9 heteroatoms. The van der Waals surface area contributed by atoms with Gasteiger partial charge in [-0.2, -0.15) is 0 Å². The summed E-state index contributed by atoms with van der Waals surface area (Å²) in [7, 11) is -1.75. The van der Waals surface area contributed by atoms with E-state index in [2.05, 4.69) is 13.0 Å². The first kappa shape index (κ1) is 32.6. The first-order valence-electron chi connectivity index (χ1n) is 15.9. The molecular formula is C36H42BNO7. The van der Waals surface area contributed by atoms with Crippen molar-refractivity contribution in [3.63, 3.8) is 0 Å². The van der Waals surface area contributed by atoms with E-state index in [4.69, 9.17) is 0 Å². The molecule has 4 atom stereocenters. The van der Waals surface area contributed by atoms with Crippen LogP contribution in [0.1, 0.15) is 64.4 Å². The highest BCUT2D eigenvalue weighted by Crippen LogP contribution is 2.48. The third kappa shape index (κ3) is 6.49. The van der Waals surface area contributed by atoms with Crippen LogP contribution in [-0.2, 0) is 9.59 Å². The van der Waals surface area contributed by atoms with Crippen LogP contribution < -0.4 is 10.4 Å². The van der Waals surface area contributed by atoms with E-state index >= 15 is 0 Å². The summed E-state index contributed by atoms with van der Waals surface area (Å²) in [4.78, 5) is 28.6. The minimum atomic E-state index is -1.75. The van der Waals surface area contributed by atoms with E-state index in [0.717, 1.165) is 51.6 Å². The van der Waals surface area contributed by atoms with E-state index in [1.807, 2.05) is 37.3 Å². The summed E-state index contributed by atoms with van der Waals surface area (Å²) in [5, 5.41) is 53.8. The number of imide groups is 1. The standard InChI is InChI=1S/C36H42BNO7/c1-3-8-22(18-23-15-17-31(40)28-13-6-5-12-27(23)28)14-16-32(41)33-24(9-4-2)19-29-34(30(33)21-39)36(43)38(35(29)42)26-11-7-10-25(20-26)37(44)45/h5-7,10-13,15,17-18,20,29-30,32,34,39-41,44-45H,3-4,8-9,14,16,19,21H2,1-2H3/b22-18+/t29-,30+,32-,34-/m1/s1. The minimum Gasteiger partial charge on any atom is -0.507 e. The summed E-state index contributed by atoms with van der Waals surface area (Å²) in [6.45, 7) is 3.76. The fourth-order valence-corrected chi connectivity index (χ4v) is 7.30. The molecule has 1 aliphatic carbocycles. The fraction of sp³-hybridized carbons (Fsp3) is 0.389. The molecule has 8 nitrogen and oxygen atoms in total. The number of carbonyl (C=O) groups excluding carboxylic acids is 2. The molecule has 45 heavy (non-hydrogen) atoms. The number of allylic oxidation sites excluding steroid dienone is 2. The van der Waals surface area contributed by atoms with Gasteiger partial charge in [0, 0.05) is 11.3 Å². The first-order valence-corrected chi connectivity index (χ1v) is 15.9.